The van der Waals surface area contributed by atoms with E-state index in [1.165, 1.54) is 0 Å². The van der Waals surface area contributed by atoms with Crippen molar-refractivity contribution in [3.8, 4) is 16.4 Å². The SMILES string of the molecule is CCCN(C(=O)c1nc(-c2cccs2)n(-c2ccccc2)n1)C1CCNC1. The summed E-state index contributed by atoms with van der Waals surface area (Å²) in [5.74, 6) is 0.890. The van der Waals surface area contributed by atoms with Crippen LogP contribution >= 0.6 is 11.3 Å². The van der Waals surface area contributed by atoms with Gasteiger partial charge < -0.3 is 10.2 Å². The number of aromatic nitrogens is 3. The van der Waals surface area contributed by atoms with E-state index in [1.807, 2.05) is 52.7 Å². The van der Waals surface area contributed by atoms with Gasteiger partial charge in [-0.3, -0.25) is 4.79 Å². The first kappa shape index (κ1) is 17.9. The largest absolute Gasteiger partial charge is 0.332 e. The van der Waals surface area contributed by atoms with Crippen LogP contribution in [0.25, 0.3) is 16.4 Å². The second-order valence-corrected chi connectivity index (χ2v) is 7.58. The second-order valence-electron chi connectivity index (χ2n) is 6.63. The molecule has 6 nitrogen and oxygen atoms in total. The van der Waals surface area contributed by atoms with E-state index >= 15 is 0 Å². The smallest absolute Gasteiger partial charge is 0.293 e. The van der Waals surface area contributed by atoms with Crippen molar-refractivity contribution in [1.82, 2.24) is 25.0 Å². The molecule has 7 heteroatoms. The van der Waals surface area contributed by atoms with Gasteiger partial charge in [-0.15, -0.1) is 16.4 Å². The molecule has 27 heavy (non-hydrogen) atoms. The van der Waals surface area contributed by atoms with Gasteiger partial charge in [0.2, 0.25) is 5.82 Å². The van der Waals surface area contributed by atoms with Crippen molar-refractivity contribution in [2.24, 2.45) is 0 Å². The number of nitrogens with zero attached hydrogens (tertiary/aromatic N) is 4. The monoisotopic (exact) mass is 381 g/mol. The standard InChI is InChI=1S/C20H23N5OS/c1-2-12-24(16-10-11-21-14-16)20(26)18-22-19(17-9-6-13-27-17)25(23-18)15-7-4-3-5-8-15/h3-9,13,16,21H,2,10-12,14H2,1H3. The molecule has 0 saturated carbocycles. The Morgan fingerprint density at radius 2 is 2.15 bits per heavy atom. The molecule has 1 N–H and O–H groups in total. The van der Waals surface area contributed by atoms with Crippen molar-refractivity contribution in [3.05, 3.63) is 53.7 Å². The summed E-state index contributed by atoms with van der Waals surface area (Å²) < 4.78 is 1.77. The second kappa shape index (κ2) is 8.02. The third-order valence-electron chi connectivity index (χ3n) is 4.74. The van der Waals surface area contributed by atoms with Gasteiger partial charge in [0, 0.05) is 19.1 Å². The molecule has 1 amide bonds. The molecule has 0 aliphatic carbocycles. The molecule has 1 aliphatic heterocycles. The molecule has 1 aliphatic rings. The number of rotatable bonds is 6. The van der Waals surface area contributed by atoms with Gasteiger partial charge in [0.05, 0.1) is 10.6 Å². The molecular weight excluding hydrogens is 358 g/mol. The van der Waals surface area contributed by atoms with Crippen LogP contribution in [0.1, 0.15) is 30.4 Å². The van der Waals surface area contributed by atoms with Gasteiger partial charge in [-0.2, -0.15) is 0 Å². The van der Waals surface area contributed by atoms with E-state index in [1.54, 1.807) is 16.0 Å². The highest BCUT2D eigenvalue weighted by molar-refractivity contribution is 7.13. The summed E-state index contributed by atoms with van der Waals surface area (Å²) in [6.07, 6.45) is 1.89. The minimum atomic E-state index is -0.0852. The van der Waals surface area contributed by atoms with Gasteiger partial charge >= 0.3 is 0 Å². The molecule has 3 heterocycles. The van der Waals surface area contributed by atoms with Gasteiger partial charge in [0.1, 0.15) is 0 Å². The first-order valence-corrected chi connectivity index (χ1v) is 10.2. The Labute approximate surface area is 162 Å². The van der Waals surface area contributed by atoms with Gasteiger partial charge in [-0.1, -0.05) is 31.2 Å². The average Bonchev–Trinajstić information content (AvgIpc) is 3.47. The van der Waals surface area contributed by atoms with E-state index in [-0.39, 0.29) is 17.8 Å². The van der Waals surface area contributed by atoms with Gasteiger partial charge in [-0.05, 0) is 43.0 Å². The molecular formula is C20H23N5OS. The Kier molecular flexibility index (Phi) is 5.31. The maximum absolute atomic E-state index is 13.3. The lowest BCUT2D eigenvalue weighted by atomic mass is 10.2. The molecule has 1 saturated heterocycles. The van der Waals surface area contributed by atoms with Crippen molar-refractivity contribution < 1.29 is 4.79 Å². The highest BCUT2D eigenvalue weighted by Gasteiger charge is 2.30. The number of thiophene rings is 1. The quantitative estimate of drug-likeness (QED) is 0.712. The predicted octanol–water partition coefficient (Wildman–Crippen LogP) is 3.21. The number of carbonyl (C=O) groups is 1. The highest BCUT2D eigenvalue weighted by atomic mass is 32.1. The number of nitrogens with one attached hydrogen (secondary N) is 1. The van der Waals surface area contributed by atoms with Crippen LogP contribution in [0.15, 0.2) is 47.8 Å². The predicted molar refractivity (Wildman–Crippen MR) is 107 cm³/mol. The zero-order valence-electron chi connectivity index (χ0n) is 15.3. The van der Waals surface area contributed by atoms with E-state index in [4.69, 9.17) is 0 Å². The summed E-state index contributed by atoms with van der Waals surface area (Å²) in [5.41, 5.74) is 0.900. The van der Waals surface area contributed by atoms with Crippen LogP contribution < -0.4 is 5.32 Å². The molecule has 0 bridgehead atoms. The van der Waals surface area contributed by atoms with Crippen LogP contribution in [0.2, 0.25) is 0 Å². The molecule has 0 radical (unpaired) electrons. The lowest BCUT2D eigenvalue weighted by Gasteiger charge is -2.26. The average molecular weight is 382 g/mol. The fourth-order valence-electron chi connectivity index (χ4n) is 3.44. The molecule has 1 unspecified atom stereocenters. The number of carbonyl (C=O) groups excluding carboxylic acids is 1. The molecule has 1 aromatic carbocycles. The van der Waals surface area contributed by atoms with Crippen LogP contribution in [0.3, 0.4) is 0 Å². The van der Waals surface area contributed by atoms with Crippen molar-refractivity contribution in [2.75, 3.05) is 19.6 Å². The highest BCUT2D eigenvalue weighted by Crippen LogP contribution is 2.26. The Morgan fingerprint density at radius 3 is 2.81 bits per heavy atom. The maximum Gasteiger partial charge on any atom is 0.293 e. The Hall–Kier alpha value is -2.51. The van der Waals surface area contributed by atoms with Crippen molar-refractivity contribution in [1.29, 1.82) is 0 Å². The molecule has 0 spiro atoms. The maximum atomic E-state index is 13.3. The van der Waals surface area contributed by atoms with Gasteiger partial charge in [-0.25, -0.2) is 9.67 Å². The summed E-state index contributed by atoms with van der Waals surface area (Å²) in [4.78, 5) is 20.8. The van der Waals surface area contributed by atoms with Crippen molar-refractivity contribution in [3.63, 3.8) is 0 Å². The Morgan fingerprint density at radius 1 is 1.30 bits per heavy atom. The fourth-order valence-corrected chi connectivity index (χ4v) is 4.14. The molecule has 2 aromatic heterocycles. The first-order valence-electron chi connectivity index (χ1n) is 9.36. The van der Waals surface area contributed by atoms with Crippen LogP contribution in [0.4, 0.5) is 0 Å². The molecule has 140 valence electrons. The third kappa shape index (κ3) is 3.65. The van der Waals surface area contributed by atoms with Crippen LogP contribution in [-0.2, 0) is 0 Å². The summed E-state index contributed by atoms with van der Waals surface area (Å²) >= 11 is 1.60. The summed E-state index contributed by atoms with van der Waals surface area (Å²) in [5, 5.41) is 9.96. The normalized spacial score (nSPS) is 16.6. The fraction of sp³-hybridized carbons (Fsp3) is 0.350. The molecule has 1 atom stereocenters. The number of benzene rings is 1. The van der Waals surface area contributed by atoms with Crippen molar-refractivity contribution in [2.45, 2.75) is 25.8 Å². The lowest BCUT2D eigenvalue weighted by Crippen LogP contribution is -2.42. The van der Waals surface area contributed by atoms with Gasteiger partial charge in [0.15, 0.2) is 5.82 Å². The molecule has 4 rings (SSSR count). The van der Waals surface area contributed by atoms with Crippen LogP contribution in [0, 0.1) is 0 Å². The third-order valence-corrected chi connectivity index (χ3v) is 5.61. The number of hydrogen-bond donors (Lipinski definition) is 1. The van der Waals surface area contributed by atoms with Crippen LogP contribution in [0.5, 0.6) is 0 Å². The Balaban J connectivity index is 1.73. The van der Waals surface area contributed by atoms with Crippen LogP contribution in [-0.4, -0.2) is 51.2 Å². The lowest BCUT2D eigenvalue weighted by molar-refractivity contribution is 0.0679. The summed E-state index contributed by atoms with van der Waals surface area (Å²) in [7, 11) is 0. The first-order chi connectivity index (χ1) is 13.3. The van der Waals surface area contributed by atoms with E-state index in [2.05, 4.69) is 22.3 Å². The zero-order chi connectivity index (χ0) is 18.6. The zero-order valence-corrected chi connectivity index (χ0v) is 16.2. The Bertz CT molecular complexity index is 885. The number of amides is 1. The van der Waals surface area contributed by atoms with E-state index in [0.29, 0.717) is 5.82 Å². The summed E-state index contributed by atoms with van der Waals surface area (Å²) in [6.45, 7) is 4.60. The van der Waals surface area contributed by atoms with E-state index < -0.39 is 0 Å². The minimum Gasteiger partial charge on any atom is -0.332 e. The molecule has 1 fully saturated rings. The molecule has 3 aromatic rings. The van der Waals surface area contributed by atoms with E-state index in [0.717, 1.165) is 43.0 Å². The topological polar surface area (TPSA) is 63.1 Å². The van der Waals surface area contributed by atoms with E-state index in [9.17, 15) is 4.79 Å². The summed E-state index contributed by atoms with van der Waals surface area (Å²) in [6, 6.07) is 14.1. The number of hydrogen-bond acceptors (Lipinski definition) is 5. The minimum absolute atomic E-state index is 0.0852. The number of para-hydroxylation sites is 1. The van der Waals surface area contributed by atoms with Gasteiger partial charge in [0.25, 0.3) is 5.91 Å². The van der Waals surface area contributed by atoms with Crippen molar-refractivity contribution >= 4 is 17.2 Å².